The summed E-state index contributed by atoms with van der Waals surface area (Å²) >= 11 is 1.04. The van der Waals surface area contributed by atoms with Crippen molar-refractivity contribution in [2.75, 3.05) is 6.73 Å². The Morgan fingerprint density at radius 2 is 1.78 bits per heavy atom. The lowest BCUT2D eigenvalue weighted by atomic mass is 10.1. The lowest BCUT2D eigenvalue weighted by Gasteiger charge is -2.13. The summed E-state index contributed by atoms with van der Waals surface area (Å²) in [6, 6.07) is 6.42. The highest BCUT2D eigenvalue weighted by atomic mass is 32.1. The maximum absolute atomic E-state index is 12.5. The maximum atomic E-state index is 12.5. The van der Waals surface area contributed by atoms with Crippen molar-refractivity contribution in [2.45, 2.75) is 13.8 Å². The molecule has 1 aliphatic rings. The number of aryl methyl sites for hydroxylation is 2. The molecule has 1 aliphatic heterocycles. The molecule has 4 rings (SSSR count). The van der Waals surface area contributed by atoms with Crippen molar-refractivity contribution < 1.29 is 19.1 Å². The zero-order valence-electron chi connectivity index (χ0n) is 14.4. The molecule has 0 saturated heterocycles. The van der Waals surface area contributed by atoms with Crippen LogP contribution in [0.3, 0.4) is 0 Å². The molecule has 2 aromatic heterocycles. The number of amides is 2. The first kappa shape index (κ1) is 17.1. The molecule has 0 spiro atoms. The smallest absolute Gasteiger partial charge is 0.350 e. The lowest BCUT2D eigenvalue weighted by molar-refractivity contribution is 0.0231. The van der Waals surface area contributed by atoms with Crippen molar-refractivity contribution in [2.24, 2.45) is 0 Å². The van der Waals surface area contributed by atoms with E-state index in [-0.39, 0.29) is 21.6 Å². The fourth-order valence-corrected chi connectivity index (χ4v) is 4.11. The van der Waals surface area contributed by atoms with Crippen LogP contribution in [0.15, 0.2) is 29.1 Å². The molecule has 0 radical (unpaired) electrons. The lowest BCUT2D eigenvalue weighted by Crippen LogP contribution is -2.33. The molecule has 1 N–H and O–H groups in total. The van der Waals surface area contributed by atoms with Crippen LogP contribution in [0.4, 0.5) is 0 Å². The van der Waals surface area contributed by atoms with Crippen molar-refractivity contribution in [1.82, 2.24) is 14.9 Å². The Balaban J connectivity index is 1.58. The van der Waals surface area contributed by atoms with Gasteiger partial charge in [-0.3, -0.25) is 14.4 Å². The first-order chi connectivity index (χ1) is 12.9. The number of carbonyl (C=O) groups is 3. The number of aromatic nitrogens is 2. The van der Waals surface area contributed by atoms with Gasteiger partial charge in [0, 0.05) is 0 Å². The average Bonchev–Trinajstić information content (AvgIpc) is 3.09. The maximum Gasteiger partial charge on any atom is 0.350 e. The van der Waals surface area contributed by atoms with Crippen molar-refractivity contribution >= 4 is 39.3 Å². The monoisotopic (exact) mass is 383 g/mol. The van der Waals surface area contributed by atoms with Crippen molar-refractivity contribution in [1.29, 1.82) is 0 Å². The molecule has 8 nitrogen and oxygen atoms in total. The number of fused-ring (bicyclic) bond motifs is 2. The first-order valence-electron chi connectivity index (χ1n) is 8.01. The number of nitrogens with zero attached hydrogens (tertiary/aromatic N) is 2. The summed E-state index contributed by atoms with van der Waals surface area (Å²) in [6.07, 6.45) is 0. The second kappa shape index (κ2) is 6.13. The minimum atomic E-state index is -0.718. The van der Waals surface area contributed by atoms with Crippen molar-refractivity contribution in [3.8, 4) is 0 Å². The van der Waals surface area contributed by atoms with Gasteiger partial charge in [0.2, 0.25) is 0 Å². The van der Waals surface area contributed by atoms with E-state index >= 15 is 0 Å². The fourth-order valence-electron chi connectivity index (χ4n) is 2.99. The number of aromatic amines is 1. The van der Waals surface area contributed by atoms with Crippen LogP contribution >= 0.6 is 11.3 Å². The Labute approximate surface area is 156 Å². The fraction of sp³-hybridized carbons (Fsp3) is 0.167. The molecule has 0 fully saturated rings. The standard InChI is InChI=1S/C18H13N3O5S/c1-8-12-14(22)19-9(2)20-15(12)27-13(8)18(25)26-7-21-16(23)10-5-3-4-6-11(10)17(21)24/h3-6H,7H2,1-2H3,(H,19,20,22). The summed E-state index contributed by atoms with van der Waals surface area (Å²) in [5, 5.41) is 0.332. The first-order valence-corrected chi connectivity index (χ1v) is 8.82. The van der Waals surface area contributed by atoms with E-state index < -0.39 is 24.5 Å². The van der Waals surface area contributed by atoms with Gasteiger partial charge in [0.1, 0.15) is 15.5 Å². The molecule has 27 heavy (non-hydrogen) atoms. The largest absolute Gasteiger partial charge is 0.439 e. The van der Waals surface area contributed by atoms with Gasteiger partial charge in [-0.1, -0.05) is 12.1 Å². The van der Waals surface area contributed by atoms with E-state index in [2.05, 4.69) is 9.97 Å². The van der Waals surface area contributed by atoms with E-state index in [1.165, 1.54) is 0 Å². The number of thiophene rings is 1. The number of carbonyl (C=O) groups excluding carboxylic acids is 3. The van der Waals surface area contributed by atoms with Crippen LogP contribution in [0.25, 0.3) is 10.2 Å². The Morgan fingerprint density at radius 3 is 2.41 bits per heavy atom. The van der Waals surface area contributed by atoms with Gasteiger partial charge in [-0.25, -0.2) is 14.7 Å². The molecule has 0 saturated carbocycles. The quantitative estimate of drug-likeness (QED) is 0.547. The van der Waals surface area contributed by atoms with Gasteiger partial charge in [-0.2, -0.15) is 0 Å². The summed E-state index contributed by atoms with van der Waals surface area (Å²) < 4.78 is 5.18. The summed E-state index contributed by atoms with van der Waals surface area (Å²) in [5.41, 5.74) is 0.687. The summed E-state index contributed by atoms with van der Waals surface area (Å²) in [6.45, 7) is 2.78. The topological polar surface area (TPSA) is 109 Å². The van der Waals surface area contributed by atoms with Crippen LogP contribution in [0, 0.1) is 13.8 Å². The highest BCUT2D eigenvalue weighted by Gasteiger charge is 2.36. The van der Waals surface area contributed by atoms with Gasteiger partial charge in [0.25, 0.3) is 17.4 Å². The average molecular weight is 383 g/mol. The predicted octanol–water partition coefficient (Wildman–Crippen LogP) is 2.01. The zero-order chi connectivity index (χ0) is 19.3. The molecule has 0 atom stereocenters. The van der Waals surface area contributed by atoms with Crippen LogP contribution in [-0.4, -0.2) is 39.4 Å². The van der Waals surface area contributed by atoms with E-state index in [1.54, 1.807) is 38.1 Å². The van der Waals surface area contributed by atoms with Gasteiger partial charge < -0.3 is 9.72 Å². The Bertz CT molecular complexity index is 1160. The number of nitrogens with one attached hydrogen (secondary N) is 1. The molecular formula is C18H13N3O5S. The number of imide groups is 1. The molecule has 9 heteroatoms. The Hall–Kier alpha value is -3.33. The number of hydrogen-bond acceptors (Lipinski definition) is 7. The van der Waals surface area contributed by atoms with Crippen LogP contribution < -0.4 is 5.56 Å². The second-order valence-electron chi connectivity index (χ2n) is 6.03. The molecule has 3 aromatic rings. The van der Waals surface area contributed by atoms with Crippen molar-refractivity contribution in [3.05, 3.63) is 62.0 Å². The molecule has 1 aromatic carbocycles. The van der Waals surface area contributed by atoms with E-state index in [0.29, 0.717) is 21.6 Å². The molecule has 3 heterocycles. The van der Waals surface area contributed by atoms with Gasteiger partial charge >= 0.3 is 5.97 Å². The third-order valence-electron chi connectivity index (χ3n) is 4.31. The van der Waals surface area contributed by atoms with E-state index in [0.717, 1.165) is 16.2 Å². The summed E-state index contributed by atoms with van der Waals surface area (Å²) in [5.74, 6) is -1.29. The third kappa shape index (κ3) is 2.63. The van der Waals surface area contributed by atoms with Crippen molar-refractivity contribution in [3.63, 3.8) is 0 Å². The van der Waals surface area contributed by atoms with Gasteiger partial charge in [-0.05, 0) is 31.5 Å². The van der Waals surface area contributed by atoms with Gasteiger partial charge in [0.05, 0.1) is 16.5 Å². The Kier molecular flexibility index (Phi) is 3.88. The van der Waals surface area contributed by atoms with Gasteiger partial charge in [-0.15, -0.1) is 11.3 Å². The number of hydrogen-bond donors (Lipinski definition) is 1. The van der Waals surface area contributed by atoms with E-state index in [4.69, 9.17) is 4.74 Å². The van der Waals surface area contributed by atoms with Crippen LogP contribution in [-0.2, 0) is 4.74 Å². The normalized spacial score (nSPS) is 13.3. The second-order valence-corrected chi connectivity index (χ2v) is 7.03. The van der Waals surface area contributed by atoms with E-state index in [1.807, 2.05) is 0 Å². The highest BCUT2D eigenvalue weighted by Crippen LogP contribution is 2.28. The van der Waals surface area contributed by atoms with Crippen LogP contribution in [0.2, 0.25) is 0 Å². The number of benzene rings is 1. The zero-order valence-corrected chi connectivity index (χ0v) is 15.2. The van der Waals surface area contributed by atoms with E-state index in [9.17, 15) is 19.2 Å². The highest BCUT2D eigenvalue weighted by molar-refractivity contribution is 7.20. The SMILES string of the molecule is Cc1nc2sc(C(=O)OCN3C(=O)c4ccccc4C3=O)c(C)c2c(=O)[nH]1. The van der Waals surface area contributed by atoms with Gasteiger partial charge in [0.15, 0.2) is 6.73 Å². The summed E-state index contributed by atoms with van der Waals surface area (Å²) in [4.78, 5) is 57.5. The molecule has 0 unspecified atom stereocenters. The number of ether oxygens (including phenoxy) is 1. The molecule has 2 amide bonds. The Morgan fingerprint density at radius 1 is 1.15 bits per heavy atom. The third-order valence-corrected chi connectivity index (χ3v) is 5.47. The molecule has 136 valence electrons. The summed E-state index contributed by atoms with van der Waals surface area (Å²) in [7, 11) is 0. The minimum absolute atomic E-state index is 0.213. The predicted molar refractivity (Wildman–Crippen MR) is 96.9 cm³/mol. The molecular weight excluding hydrogens is 370 g/mol. The number of H-pyrrole nitrogens is 1. The minimum Gasteiger partial charge on any atom is -0.439 e. The number of rotatable bonds is 3. The molecule has 0 bridgehead atoms. The van der Waals surface area contributed by atoms with Crippen LogP contribution in [0.1, 0.15) is 41.8 Å². The number of esters is 1. The molecule has 0 aliphatic carbocycles. The van der Waals surface area contributed by atoms with Crippen LogP contribution in [0.5, 0.6) is 0 Å².